The largest absolute Gasteiger partial charge is 0.378 e. The fourth-order valence-corrected chi connectivity index (χ4v) is 2.59. The number of likely N-dealkylation sites (N-methyl/N-ethyl adjacent to an activating group) is 1. The second kappa shape index (κ2) is 5.61. The highest BCUT2D eigenvalue weighted by atomic mass is 16.5. The summed E-state index contributed by atoms with van der Waals surface area (Å²) in [6.07, 6.45) is 9.59. The first-order chi connectivity index (χ1) is 8.28. The Balaban J connectivity index is 1.93. The van der Waals surface area contributed by atoms with E-state index in [2.05, 4.69) is 16.4 Å². The summed E-state index contributed by atoms with van der Waals surface area (Å²) < 4.78 is 5.69. The second-order valence-electron chi connectivity index (χ2n) is 5.00. The van der Waals surface area contributed by atoms with E-state index in [-0.39, 0.29) is 5.60 Å². The zero-order chi connectivity index (χ0) is 12.1. The molecule has 0 amide bonds. The van der Waals surface area contributed by atoms with Crippen molar-refractivity contribution in [3.05, 3.63) is 30.1 Å². The molecule has 1 aromatic rings. The number of ether oxygens (including phenoxy) is 1. The predicted octanol–water partition coefficient (Wildman–Crippen LogP) is 2.17. The molecule has 1 aliphatic carbocycles. The van der Waals surface area contributed by atoms with Gasteiger partial charge < -0.3 is 10.1 Å². The summed E-state index contributed by atoms with van der Waals surface area (Å²) in [6, 6.07) is 4.61. The molecule has 2 rings (SSSR count). The van der Waals surface area contributed by atoms with E-state index in [0.717, 1.165) is 12.8 Å². The summed E-state index contributed by atoms with van der Waals surface area (Å²) in [5, 5.41) is 3.40. The zero-order valence-electron chi connectivity index (χ0n) is 10.8. The Labute approximate surface area is 104 Å². The van der Waals surface area contributed by atoms with E-state index >= 15 is 0 Å². The highest BCUT2D eigenvalue weighted by Gasteiger charge is 2.38. The van der Waals surface area contributed by atoms with Gasteiger partial charge in [-0.05, 0) is 50.8 Å². The van der Waals surface area contributed by atoms with Crippen molar-refractivity contribution in [2.24, 2.45) is 0 Å². The van der Waals surface area contributed by atoms with Gasteiger partial charge in [0, 0.05) is 25.5 Å². The minimum Gasteiger partial charge on any atom is -0.378 e. The summed E-state index contributed by atoms with van der Waals surface area (Å²) in [7, 11) is 3.87. The van der Waals surface area contributed by atoms with Crippen molar-refractivity contribution in [1.82, 2.24) is 10.3 Å². The highest BCUT2D eigenvalue weighted by Crippen LogP contribution is 2.39. The average Bonchev–Trinajstić information content (AvgIpc) is 2.33. The molecule has 0 aromatic carbocycles. The predicted molar refractivity (Wildman–Crippen MR) is 69.0 cm³/mol. The van der Waals surface area contributed by atoms with Crippen LogP contribution in [0.2, 0.25) is 0 Å². The van der Waals surface area contributed by atoms with Crippen LogP contribution in [0.15, 0.2) is 24.5 Å². The third-order valence-corrected chi connectivity index (χ3v) is 3.93. The van der Waals surface area contributed by atoms with Crippen molar-refractivity contribution in [3.63, 3.8) is 0 Å². The van der Waals surface area contributed by atoms with Gasteiger partial charge in [-0.25, -0.2) is 0 Å². The summed E-state index contributed by atoms with van der Waals surface area (Å²) in [4.78, 5) is 4.16. The van der Waals surface area contributed by atoms with Crippen LogP contribution in [-0.4, -0.2) is 30.8 Å². The van der Waals surface area contributed by atoms with Crippen molar-refractivity contribution in [3.8, 4) is 0 Å². The van der Waals surface area contributed by atoms with Gasteiger partial charge in [0.1, 0.15) is 0 Å². The Morgan fingerprint density at radius 3 is 2.82 bits per heavy atom. The first-order valence-corrected chi connectivity index (χ1v) is 6.39. The maximum Gasteiger partial charge on any atom is 0.0693 e. The molecule has 0 radical (unpaired) electrons. The van der Waals surface area contributed by atoms with Gasteiger partial charge in [-0.2, -0.15) is 0 Å². The molecule has 3 nitrogen and oxygen atoms in total. The van der Waals surface area contributed by atoms with Gasteiger partial charge in [-0.1, -0.05) is 6.07 Å². The van der Waals surface area contributed by atoms with Gasteiger partial charge in [0.15, 0.2) is 0 Å². The average molecular weight is 234 g/mol. The minimum atomic E-state index is 0.135. The van der Waals surface area contributed by atoms with Crippen LogP contribution in [-0.2, 0) is 11.2 Å². The van der Waals surface area contributed by atoms with Crippen LogP contribution in [0.3, 0.4) is 0 Å². The van der Waals surface area contributed by atoms with Crippen LogP contribution < -0.4 is 5.32 Å². The SMILES string of the molecule is CNC(Cc1cccnc1)CC1(OC)CCC1. The molecule has 1 atom stereocenters. The Morgan fingerprint density at radius 2 is 2.35 bits per heavy atom. The van der Waals surface area contributed by atoms with Crippen LogP contribution in [0.5, 0.6) is 0 Å². The van der Waals surface area contributed by atoms with E-state index < -0.39 is 0 Å². The van der Waals surface area contributed by atoms with Gasteiger partial charge in [0.05, 0.1) is 5.60 Å². The quantitative estimate of drug-likeness (QED) is 0.819. The molecule has 94 valence electrons. The van der Waals surface area contributed by atoms with Crippen LogP contribution in [0.25, 0.3) is 0 Å². The van der Waals surface area contributed by atoms with Crippen LogP contribution in [0, 0.1) is 0 Å². The van der Waals surface area contributed by atoms with E-state index in [1.165, 1.54) is 24.8 Å². The molecule has 1 N–H and O–H groups in total. The first-order valence-electron chi connectivity index (χ1n) is 6.39. The fraction of sp³-hybridized carbons (Fsp3) is 0.643. The number of hydrogen-bond donors (Lipinski definition) is 1. The molecule has 1 heterocycles. The monoisotopic (exact) mass is 234 g/mol. The third-order valence-electron chi connectivity index (χ3n) is 3.93. The van der Waals surface area contributed by atoms with Gasteiger partial charge >= 0.3 is 0 Å². The van der Waals surface area contributed by atoms with Crippen molar-refractivity contribution in [2.75, 3.05) is 14.2 Å². The van der Waals surface area contributed by atoms with Gasteiger partial charge in [0.25, 0.3) is 0 Å². The van der Waals surface area contributed by atoms with E-state index in [1.807, 2.05) is 32.6 Å². The lowest BCUT2D eigenvalue weighted by Gasteiger charge is -2.42. The molecule has 1 aromatic heterocycles. The maximum absolute atomic E-state index is 5.69. The number of aromatic nitrogens is 1. The summed E-state index contributed by atoms with van der Waals surface area (Å²) in [6.45, 7) is 0. The van der Waals surface area contributed by atoms with Gasteiger partial charge in [-0.15, -0.1) is 0 Å². The second-order valence-corrected chi connectivity index (χ2v) is 5.00. The van der Waals surface area contributed by atoms with Crippen molar-refractivity contribution < 1.29 is 4.74 Å². The Morgan fingerprint density at radius 1 is 1.53 bits per heavy atom. The van der Waals surface area contributed by atoms with Gasteiger partial charge in [-0.3, -0.25) is 4.98 Å². The highest BCUT2D eigenvalue weighted by molar-refractivity contribution is 5.11. The topological polar surface area (TPSA) is 34.2 Å². The van der Waals surface area contributed by atoms with E-state index in [4.69, 9.17) is 4.74 Å². The van der Waals surface area contributed by atoms with Crippen LogP contribution in [0.4, 0.5) is 0 Å². The molecular formula is C14H22N2O. The Hall–Kier alpha value is -0.930. The molecular weight excluding hydrogens is 212 g/mol. The molecule has 1 unspecified atom stereocenters. The van der Waals surface area contributed by atoms with Crippen LogP contribution >= 0.6 is 0 Å². The smallest absolute Gasteiger partial charge is 0.0693 e. The number of pyridine rings is 1. The molecule has 0 saturated heterocycles. The lowest BCUT2D eigenvalue weighted by atomic mass is 9.75. The summed E-state index contributed by atoms with van der Waals surface area (Å²) in [5.74, 6) is 0. The molecule has 3 heteroatoms. The molecule has 0 aliphatic heterocycles. The molecule has 1 fully saturated rings. The van der Waals surface area contributed by atoms with E-state index in [9.17, 15) is 0 Å². The number of hydrogen-bond acceptors (Lipinski definition) is 3. The number of methoxy groups -OCH3 is 1. The molecule has 0 spiro atoms. The molecule has 1 saturated carbocycles. The standard InChI is InChI=1S/C14H22N2O/c1-15-13(9-12-5-3-8-16-11-12)10-14(17-2)6-4-7-14/h3,5,8,11,13,15H,4,6-7,9-10H2,1-2H3. The van der Waals surface area contributed by atoms with Crippen molar-refractivity contribution in [2.45, 2.75) is 43.7 Å². The van der Waals surface area contributed by atoms with E-state index in [0.29, 0.717) is 6.04 Å². The lowest BCUT2D eigenvalue weighted by molar-refractivity contribution is -0.0830. The van der Waals surface area contributed by atoms with Crippen molar-refractivity contribution >= 4 is 0 Å². The Kier molecular flexibility index (Phi) is 4.13. The number of rotatable bonds is 6. The normalized spacial score (nSPS) is 19.6. The van der Waals surface area contributed by atoms with Gasteiger partial charge in [0.2, 0.25) is 0 Å². The van der Waals surface area contributed by atoms with Crippen LogP contribution in [0.1, 0.15) is 31.2 Å². The van der Waals surface area contributed by atoms with Crippen molar-refractivity contribution in [1.29, 1.82) is 0 Å². The van der Waals surface area contributed by atoms with E-state index in [1.54, 1.807) is 0 Å². The maximum atomic E-state index is 5.69. The summed E-state index contributed by atoms with van der Waals surface area (Å²) in [5.41, 5.74) is 1.42. The zero-order valence-corrected chi connectivity index (χ0v) is 10.8. The number of nitrogens with one attached hydrogen (secondary N) is 1. The Bertz CT molecular complexity index is 330. The number of nitrogens with zero attached hydrogens (tertiary/aromatic N) is 1. The lowest BCUT2D eigenvalue weighted by Crippen LogP contribution is -2.45. The minimum absolute atomic E-state index is 0.135. The third kappa shape index (κ3) is 3.05. The first kappa shape index (κ1) is 12.5. The molecule has 17 heavy (non-hydrogen) atoms. The molecule has 0 bridgehead atoms. The fourth-order valence-electron chi connectivity index (χ4n) is 2.59. The molecule has 1 aliphatic rings. The summed E-state index contributed by atoms with van der Waals surface area (Å²) >= 11 is 0.